The average Bonchev–Trinajstić information content (AvgIpc) is 2.21. The van der Waals surface area contributed by atoms with Gasteiger partial charge in [0.1, 0.15) is 0 Å². The van der Waals surface area contributed by atoms with E-state index in [1.807, 2.05) is 25.2 Å². The van der Waals surface area contributed by atoms with Gasteiger partial charge in [-0.2, -0.15) is 5.26 Å². The van der Waals surface area contributed by atoms with Gasteiger partial charge in [-0.1, -0.05) is 34.1 Å². The molecule has 14 heavy (non-hydrogen) atoms. The summed E-state index contributed by atoms with van der Waals surface area (Å²) in [4.78, 5) is 0. The number of nitrogens with zero attached hydrogens (tertiary/aromatic N) is 1. The maximum Gasteiger partial charge on any atom is 0.0622 e. The largest absolute Gasteiger partial charge is 0.313 e. The molecule has 1 aromatic carbocycles. The second-order valence-corrected chi connectivity index (χ2v) is 3.91. The molecule has 1 N–H and O–H groups in total. The Morgan fingerprint density at radius 2 is 2.21 bits per heavy atom. The smallest absolute Gasteiger partial charge is 0.0622 e. The Labute approximate surface area is 93.1 Å². The van der Waals surface area contributed by atoms with Gasteiger partial charge in [-0.15, -0.1) is 0 Å². The monoisotopic (exact) mass is 252 g/mol. The maximum atomic E-state index is 8.54. The molecule has 2 nitrogen and oxygen atoms in total. The minimum Gasteiger partial charge on any atom is -0.313 e. The fourth-order valence-corrected chi connectivity index (χ4v) is 1.98. The molecular weight excluding hydrogens is 240 g/mol. The van der Waals surface area contributed by atoms with E-state index in [2.05, 4.69) is 33.4 Å². The van der Waals surface area contributed by atoms with E-state index < -0.39 is 0 Å². The molecule has 0 amide bonds. The molecule has 0 heterocycles. The molecule has 1 atom stereocenters. The number of hydrogen-bond donors (Lipinski definition) is 1. The van der Waals surface area contributed by atoms with Crippen molar-refractivity contribution in [2.24, 2.45) is 0 Å². The van der Waals surface area contributed by atoms with Crippen molar-refractivity contribution in [1.82, 2.24) is 5.32 Å². The van der Waals surface area contributed by atoms with E-state index in [1.165, 1.54) is 5.56 Å². The molecule has 1 unspecified atom stereocenters. The van der Waals surface area contributed by atoms with E-state index in [9.17, 15) is 0 Å². The molecule has 3 heteroatoms. The van der Waals surface area contributed by atoms with Crippen LogP contribution in [0.2, 0.25) is 0 Å². The first-order chi connectivity index (χ1) is 6.79. The minimum absolute atomic E-state index is 0.255. The molecule has 0 spiro atoms. The van der Waals surface area contributed by atoms with Crippen LogP contribution in [-0.4, -0.2) is 7.05 Å². The van der Waals surface area contributed by atoms with E-state index >= 15 is 0 Å². The molecule has 0 aromatic heterocycles. The van der Waals surface area contributed by atoms with Gasteiger partial charge in [-0.3, -0.25) is 0 Å². The molecule has 0 aliphatic rings. The Bertz CT molecular complexity index is 330. The van der Waals surface area contributed by atoms with Crippen LogP contribution < -0.4 is 5.32 Å². The summed E-state index contributed by atoms with van der Waals surface area (Å²) in [6, 6.07) is 10.5. The second-order valence-electron chi connectivity index (χ2n) is 3.06. The van der Waals surface area contributed by atoms with E-state index in [4.69, 9.17) is 5.26 Å². The van der Waals surface area contributed by atoms with Crippen LogP contribution in [0.25, 0.3) is 0 Å². The van der Waals surface area contributed by atoms with Crippen LogP contribution in [0.15, 0.2) is 28.7 Å². The summed E-state index contributed by atoms with van der Waals surface area (Å²) in [7, 11) is 1.92. The normalized spacial score (nSPS) is 12.1. The van der Waals surface area contributed by atoms with E-state index in [-0.39, 0.29) is 6.04 Å². The molecule has 0 aliphatic carbocycles. The van der Waals surface area contributed by atoms with Crippen molar-refractivity contribution in [3.05, 3.63) is 34.3 Å². The van der Waals surface area contributed by atoms with Crippen molar-refractivity contribution in [2.45, 2.75) is 18.9 Å². The van der Waals surface area contributed by atoms with Gasteiger partial charge in [0.25, 0.3) is 0 Å². The highest BCUT2D eigenvalue weighted by molar-refractivity contribution is 9.10. The Hall–Kier alpha value is -0.850. The number of benzene rings is 1. The molecule has 0 saturated heterocycles. The van der Waals surface area contributed by atoms with Crippen LogP contribution >= 0.6 is 15.9 Å². The number of nitriles is 1. The zero-order valence-electron chi connectivity index (χ0n) is 8.13. The minimum atomic E-state index is 0.255. The van der Waals surface area contributed by atoms with Gasteiger partial charge in [0.2, 0.25) is 0 Å². The lowest BCUT2D eigenvalue weighted by Crippen LogP contribution is -2.16. The van der Waals surface area contributed by atoms with Gasteiger partial charge < -0.3 is 5.32 Å². The van der Waals surface area contributed by atoms with Gasteiger partial charge in [-0.25, -0.2) is 0 Å². The van der Waals surface area contributed by atoms with E-state index in [1.54, 1.807) is 0 Å². The van der Waals surface area contributed by atoms with Crippen molar-refractivity contribution in [1.29, 1.82) is 5.26 Å². The molecule has 1 rings (SSSR count). The molecule has 0 fully saturated rings. The molecule has 0 saturated carbocycles. The number of halogens is 1. The third-order valence-electron chi connectivity index (χ3n) is 2.17. The van der Waals surface area contributed by atoms with Crippen molar-refractivity contribution in [2.75, 3.05) is 7.05 Å². The first-order valence-corrected chi connectivity index (χ1v) is 5.37. The predicted molar refractivity (Wildman–Crippen MR) is 60.8 cm³/mol. The third kappa shape index (κ3) is 2.83. The van der Waals surface area contributed by atoms with Gasteiger partial charge in [0.15, 0.2) is 0 Å². The topological polar surface area (TPSA) is 35.8 Å². The molecule has 0 aliphatic heterocycles. The summed E-state index contributed by atoms with van der Waals surface area (Å²) >= 11 is 3.51. The second kappa shape index (κ2) is 5.79. The molecular formula is C11H13BrN2. The highest BCUT2D eigenvalue weighted by Crippen LogP contribution is 2.25. The maximum absolute atomic E-state index is 8.54. The summed E-state index contributed by atoms with van der Waals surface area (Å²) in [5.41, 5.74) is 1.21. The van der Waals surface area contributed by atoms with Gasteiger partial charge in [0, 0.05) is 16.9 Å². The summed E-state index contributed by atoms with van der Waals surface area (Å²) in [5, 5.41) is 11.8. The Morgan fingerprint density at radius 1 is 1.50 bits per heavy atom. The first kappa shape index (κ1) is 11.2. The SMILES string of the molecule is CNC(CCC#N)c1ccccc1Br. The van der Waals surface area contributed by atoms with Crippen molar-refractivity contribution in [3.63, 3.8) is 0 Å². The van der Waals surface area contributed by atoms with Crippen LogP contribution in [0.1, 0.15) is 24.4 Å². The van der Waals surface area contributed by atoms with E-state index in [0.29, 0.717) is 6.42 Å². The zero-order valence-corrected chi connectivity index (χ0v) is 9.71. The average molecular weight is 253 g/mol. The Kier molecular flexibility index (Phi) is 4.64. The summed E-state index contributed by atoms with van der Waals surface area (Å²) in [6.45, 7) is 0. The molecule has 74 valence electrons. The summed E-state index contributed by atoms with van der Waals surface area (Å²) in [6.07, 6.45) is 1.42. The molecule has 0 bridgehead atoms. The van der Waals surface area contributed by atoms with E-state index in [0.717, 1.165) is 10.9 Å². The van der Waals surface area contributed by atoms with Crippen molar-refractivity contribution >= 4 is 15.9 Å². The van der Waals surface area contributed by atoms with Crippen LogP contribution in [0.5, 0.6) is 0 Å². The van der Waals surface area contributed by atoms with Crippen LogP contribution in [-0.2, 0) is 0 Å². The Morgan fingerprint density at radius 3 is 2.79 bits per heavy atom. The highest BCUT2D eigenvalue weighted by atomic mass is 79.9. The van der Waals surface area contributed by atoms with Gasteiger partial charge in [0.05, 0.1) is 6.07 Å². The zero-order chi connectivity index (χ0) is 10.4. The highest BCUT2D eigenvalue weighted by Gasteiger charge is 2.10. The summed E-state index contributed by atoms with van der Waals surface area (Å²) < 4.78 is 1.09. The van der Waals surface area contributed by atoms with Crippen LogP contribution in [0.4, 0.5) is 0 Å². The van der Waals surface area contributed by atoms with Gasteiger partial charge >= 0.3 is 0 Å². The fraction of sp³-hybridized carbons (Fsp3) is 0.364. The number of hydrogen-bond acceptors (Lipinski definition) is 2. The first-order valence-electron chi connectivity index (χ1n) is 4.58. The Balaban J connectivity index is 2.79. The van der Waals surface area contributed by atoms with Crippen LogP contribution in [0, 0.1) is 11.3 Å². The lowest BCUT2D eigenvalue weighted by atomic mass is 10.0. The summed E-state index contributed by atoms with van der Waals surface area (Å²) in [5.74, 6) is 0. The predicted octanol–water partition coefficient (Wildman–Crippen LogP) is 3.01. The lowest BCUT2D eigenvalue weighted by Gasteiger charge is -2.16. The van der Waals surface area contributed by atoms with Crippen LogP contribution in [0.3, 0.4) is 0 Å². The molecule has 0 radical (unpaired) electrons. The fourth-order valence-electron chi connectivity index (χ4n) is 1.42. The number of rotatable bonds is 4. The molecule has 1 aromatic rings. The quantitative estimate of drug-likeness (QED) is 0.895. The lowest BCUT2D eigenvalue weighted by molar-refractivity contribution is 0.555. The number of nitrogens with one attached hydrogen (secondary N) is 1. The van der Waals surface area contributed by atoms with Crippen molar-refractivity contribution in [3.8, 4) is 6.07 Å². The standard InChI is InChI=1S/C11H13BrN2/c1-14-11(7-4-8-13)9-5-2-3-6-10(9)12/h2-3,5-6,11,14H,4,7H2,1H3. The van der Waals surface area contributed by atoms with Gasteiger partial charge in [-0.05, 0) is 25.1 Å². The van der Waals surface area contributed by atoms with Crippen molar-refractivity contribution < 1.29 is 0 Å². The third-order valence-corrected chi connectivity index (χ3v) is 2.90.